The summed E-state index contributed by atoms with van der Waals surface area (Å²) in [5.41, 5.74) is 0.244. The third-order valence-electron chi connectivity index (χ3n) is 3.28. The van der Waals surface area contributed by atoms with Crippen LogP contribution in [0.3, 0.4) is 0 Å². The average Bonchev–Trinajstić information content (AvgIpc) is 2.58. The lowest BCUT2D eigenvalue weighted by atomic mass is 10.2. The lowest BCUT2D eigenvalue weighted by Crippen LogP contribution is -2.38. The number of ether oxygens (including phenoxy) is 3. The van der Waals surface area contributed by atoms with E-state index in [0.717, 1.165) is 10.5 Å². The number of carbonyl (C=O) groups excluding carboxylic acids is 3. The van der Waals surface area contributed by atoms with Crippen LogP contribution >= 0.6 is 0 Å². The van der Waals surface area contributed by atoms with Crippen molar-refractivity contribution in [1.29, 1.82) is 0 Å². The second-order valence-corrected chi connectivity index (χ2v) is 7.02. The minimum atomic E-state index is -0.641. The van der Waals surface area contributed by atoms with E-state index >= 15 is 0 Å². The van der Waals surface area contributed by atoms with E-state index in [9.17, 15) is 14.4 Å². The van der Waals surface area contributed by atoms with Crippen molar-refractivity contribution in [2.75, 3.05) is 33.8 Å². The molecule has 0 aromatic heterocycles. The molecule has 1 rings (SSSR count). The van der Waals surface area contributed by atoms with Crippen molar-refractivity contribution in [3.63, 3.8) is 0 Å². The van der Waals surface area contributed by atoms with E-state index in [0.29, 0.717) is 0 Å². The minimum absolute atomic E-state index is 0.00205. The highest BCUT2D eigenvalue weighted by molar-refractivity contribution is 5.78. The fourth-order valence-electron chi connectivity index (χ4n) is 1.86. The van der Waals surface area contributed by atoms with Gasteiger partial charge in [-0.25, -0.2) is 9.59 Å². The topological polar surface area (TPSA) is 85.4 Å². The molecule has 150 valence electrons. The van der Waals surface area contributed by atoms with Gasteiger partial charge in [-0.05, 0) is 26.3 Å². The second-order valence-electron chi connectivity index (χ2n) is 7.02. The number of carbonyl (C=O) groups is 3. The maximum atomic E-state index is 11.9. The van der Waals surface area contributed by atoms with Crippen LogP contribution in [0.2, 0.25) is 0 Å². The summed E-state index contributed by atoms with van der Waals surface area (Å²) < 4.78 is 15.4. The van der Waals surface area contributed by atoms with Crippen LogP contribution in [0.5, 0.6) is 0 Å². The smallest absolute Gasteiger partial charge is 0.410 e. The first-order valence-corrected chi connectivity index (χ1v) is 8.60. The molecular formula is C19H28N2O6. The van der Waals surface area contributed by atoms with Crippen LogP contribution < -0.4 is 0 Å². The summed E-state index contributed by atoms with van der Waals surface area (Å²) in [5, 5.41) is 0. The molecule has 0 bridgehead atoms. The molecule has 0 spiro atoms. The number of benzene rings is 1. The molecule has 0 fully saturated rings. The molecule has 0 atom stereocenters. The molecule has 8 heteroatoms. The van der Waals surface area contributed by atoms with Crippen molar-refractivity contribution in [2.45, 2.75) is 33.0 Å². The molecule has 0 saturated carbocycles. The first-order chi connectivity index (χ1) is 12.6. The van der Waals surface area contributed by atoms with E-state index in [1.165, 1.54) is 11.9 Å². The lowest BCUT2D eigenvalue weighted by Gasteiger charge is -2.24. The van der Waals surface area contributed by atoms with Crippen LogP contribution in [0.1, 0.15) is 26.3 Å². The van der Waals surface area contributed by atoms with Crippen LogP contribution in [-0.2, 0) is 25.6 Å². The summed E-state index contributed by atoms with van der Waals surface area (Å²) >= 11 is 0. The Morgan fingerprint density at radius 3 is 2.15 bits per heavy atom. The fraction of sp³-hybridized carbons (Fsp3) is 0.526. The lowest BCUT2D eigenvalue weighted by molar-refractivity contribution is -0.144. The van der Waals surface area contributed by atoms with E-state index in [-0.39, 0.29) is 26.3 Å². The van der Waals surface area contributed by atoms with Gasteiger partial charge in [0.1, 0.15) is 25.4 Å². The number of hydrogen-bond donors (Lipinski definition) is 0. The van der Waals surface area contributed by atoms with E-state index in [4.69, 9.17) is 14.2 Å². The van der Waals surface area contributed by atoms with Crippen LogP contribution in [0, 0.1) is 0 Å². The Hall–Kier alpha value is -2.77. The Bertz CT molecular complexity index is 627. The Labute approximate surface area is 160 Å². The van der Waals surface area contributed by atoms with E-state index in [2.05, 4.69) is 0 Å². The van der Waals surface area contributed by atoms with Crippen LogP contribution in [0.15, 0.2) is 30.3 Å². The Morgan fingerprint density at radius 1 is 0.926 bits per heavy atom. The number of nitrogens with zero attached hydrogens (tertiary/aromatic N) is 2. The average molecular weight is 380 g/mol. The van der Waals surface area contributed by atoms with Gasteiger partial charge >= 0.3 is 18.2 Å². The first kappa shape index (κ1) is 22.3. The van der Waals surface area contributed by atoms with Crippen LogP contribution in [-0.4, -0.2) is 67.3 Å². The molecule has 0 heterocycles. The monoisotopic (exact) mass is 380 g/mol. The largest absolute Gasteiger partial charge is 0.462 e. The zero-order chi connectivity index (χ0) is 20.4. The quantitative estimate of drug-likeness (QED) is 0.534. The second kappa shape index (κ2) is 10.4. The van der Waals surface area contributed by atoms with Gasteiger partial charge in [0.15, 0.2) is 0 Å². The summed E-state index contributed by atoms with van der Waals surface area (Å²) in [6.07, 6.45) is -1.12. The summed E-state index contributed by atoms with van der Waals surface area (Å²) in [4.78, 5) is 37.9. The molecule has 0 N–H and O–H groups in total. The van der Waals surface area contributed by atoms with Crippen LogP contribution in [0.25, 0.3) is 0 Å². The molecule has 0 aliphatic rings. The van der Waals surface area contributed by atoms with E-state index in [1.54, 1.807) is 27.8 Å². The predicted molar refractivity (Wildman–Crippen MR) is 99.1 cm³/mol. The van der Waals surface area contributed by atoms with Crippen molar-refractivity contribution < 1.29 is 28.6 Å². The van der Waals surface area contributed by atoms with Crippen molar-refractivity contribution in [2.24, 2.45) is 0 Å². The maximum absolute atomic E-state index is 11.9. The maximum Gasteiger partial charge on any atom is 0.410 e. The Kier molecular flexibility index (Phi) is 8.58. The minimum Gasteiger partial charge on any atom is -0.462 e. The highest BCUT2D eigenvalue weighted by atomic mass is 16.6. The number of likely N-dealkylation sites (N-methyl/N-ethyl adjacent to an activating group) is 2. The molecule has 1 aromatic rings. The molecule has 0 unspecified atom stereocenters. The Morgan fingerprint density at radius 2 is 1.56 bits per heavy atom. The number of esters is 1. The zero-order valence-corrected chi connectivity index (χ0v) is 16.6. The van der Waals surface area contributed by atoms with Gasteiger partial charge in [0.2, 0.25) is 0 Å². The van der Waals surface area contributed by atoms with Crippen LogP contribution in [0.4, 0.5) is 9.59 Å². The van der Waals surface area contributed by atoms with Crippen molar-refractivity contribution >= 4 is 18.2 Å². The summed E-state index contributed by atoms with van der Waals surface area (Å²) in [7, 11) is 3.00. The third-order valence-corrected chi connectivity index (χ3v) is 3.28. The Balaban J connectivity index is 2.25. The first-order valence-electron chi connectivity index (χ1n) is 8.60. The van der Waals surface area contributed by atoms with E-state index in [1.807, 2.05) is 30.3 Å². The van der Waals surface area contributed by atoms with Gasteiger partial charge in [-0.3, -0.25) is 4.79 Å². The van der Waals surface area contributed by atoms with Gasteiger partial charge in [-0.15, -0.1) is 0 Å². The van der Waals surface area contributed by atoms with Gasteiger partial charge in [0.25, 0.3) is 0 Å². The molecule has 27 heavy (non-hydrogen) atoms. The predicted octanol–water partition coefficient (Wildman–Crippen LogP) is 2.67. The standard InChI is InChI=1S/C19H28N2O6/c1-19(2,3)27-18(24)21(5)13-16(22)25-12-11-20(4)17(23)26-14-15-9-7-6-8-10-15/h6-10H,11-14H2,1-5H3. The fourth-order valence-corrected chi connectivity index (χ4v) is 1.86. The molecule has 0 radical (unpaired) electrons. The molecule has 0 saturated heterocycles. The van der Waals surface area contributed by atoms with Crippen molar-refractivity contribution in [3.05, 3.63) is 35.9 Å². The van der Waals surface area contributed by atoms with E-state index < -0.39 is 23.8 Å². The summed E-state index contributed by atoms with van der Waals surface area (Å²) in [5.74, 6) is -0.589. The van der Waals surface area contributed by atoms with Gasteiger partial charge in [0.05, 0.1) is 6.54 Å². The summed E-state index contributed by atoms with van der Waals surface area (Å²) in [6.45, 7) is 5.33. The zero-order valence-electron chi connectivity index (χ0n) is 16.6. The van der Waals surface area contributed by atoms with Gasteiger partial charge in [-0.2, -0.15) is 0 Å². The highest BCUT2D eigenvalue weighted by Gasteiger charge is 2.21. The molecule has 1 aromatic carbocycles. The summed E-state index contributed by atoms with van der Waals surface area (Å²) in [6, 6.07) is 9.32. The molecule has 0 aliphatic heterocycles. The molecular weight excluding hydrogens is 352 g/mol. The van der Waals surface area contributed by atoms with Crippen molar-refractivity contribution in [1.82, 2.24) is 9.80 Å². The molecule has 2 amide bonds. The van der Waals surface area contributed by atoms with Gasteiger partial charge < -0.3 is 24.0 Å². The number of rotatable bonds is 7. The van der Waals surface area contributed by atoms with Gasteiger partial charge in [-0.1, -0.05) is 30.3 Å². The normalized spacial score (nSPS) is 10.7. The van der Waals surface area contributed by atoms with Crippen molar-refractivity contribution in [3.8, 4) is 0 Å². The third kappa shape index (κ3) is 9.48. The SMILES string of the molecule is CN(CCOC(=O)CN(C)C(=O)OC(C)(C)C)C(=O)OCc1ccccc1. The number of amides is 2. The van der Waals surface area contributed by atoms with Gasteiger partial charge in [0, 0.05) is 14.1 Å². The molecule has 8 nitrogen and oxygen atoms in total. The molecule has 0 aliphatic carbocycles. The highest BCUT2D eigenvalue weighted by Crippen LogP contribution is 2.09. The number of hydrogen-bond acceptors (Lipinski definition) is 6.